The van der Waals surface area contributed by atoms with Gasteiger partial charge in [-0.25, -0.2) is 0 Å². The van der Waals surface area contributed by atoms with Crippen molar-refractivity contribution in [3.05, 3.63) is 65.7 Å². The van der Waals surface area contributed by atoms with E-state index in [1.54, 1.807) is 0 Å². The van der Waals surface area contributed by atoms with E-state index in [1.807, 2.05) is 63.2 Å². The van der Waals surface area contributed by atoms with Crippen molar-refractivity contribution < 1.29 is 9.53 Å². The second-order valence-electron chi connectivity index (χ2n) is 6.78. The highest BCUT2D eigenvalue weighted by atomic mass is 35.5. The molecule has 0 aromatic heterocycles. The zero-order valence-electron chi connectivity index (χ0n) is 15.0. The first-order chi connectivity index (χ1) is 11.4. The number of halogens is 1. The molecule has 5 heteroatoms. The van der Waals surface area contributed by atoms with Crippen LogP contribution in [0.4, 0.5) is 0 Å². The number of amides is 1. The molecule has 0 unspecified atom stereocenters. The Morgan fingerprint density at radius 1 is 0.960 bits per heavy atom. The van der Waals surface area contributed by atoms with Crippen LogP contribution in [0.1, 0.15) is 31.9 Å². The van der Waals surface area contributed by atoms with Crippen molar-refractivity contribution in [1.29, 1.82) is 0 Å². The fourth-order valence-electron chi connectivity index (χ4n) is 2.33. The molecule has 0 bridgehead atoms. The Hall–Kier alpha value is -2.04. The number of carbonyl (C=O) groups excluding carboxylic acids is 1. The molecule has 0 saturated carbocycles. The Labute approximate surface area is 156 Å². The maximum absolute atomic E-state index is 11.9. The molecule has 0 aliphatic rings. The molecule has 136 valence electrons. The number of ether oxygens (including phenoxy) is 1. The second-order valence-corrected chi connectivity index (χ2v) is 6.78. The molecule has 2 N–H and O–H groups in total. The highest BCUT2D eigenvalue weighted by Gasteiger charge is 2.14. The summed E-state index contributed by atoms with van der Waals surface area (Å²) in [7, 11) is 0. The zero-order chi connectivity index (χ0) is 17.4. The van der Waals surface area contributed by atoms with Gasteiger partial charge in [-0.3, -0.25) is 4.79 Å². The summed E-state index contributed by atoms with van der Waals surface area (Å²) in [6.45, 7) is 7.35. The number of hydrogen-bond acceptors (Lipinski definition) is 3. The normalized spacial score (nSPS) is 10.7. The molecule has 0 aliphatic carbocycles. The van der Waals surface area contributed by atoms with Gasteiger partial charge in [0.1, 0.15) is 5.75 Å². The van der Waals surface area contributed by atoms with Gasteiger partial charge in [-0.2, -0.15) is 0 Å². The van der Waals surface area contributed by atoms with Crippen molar-refractivity contribution in [1.82, 2.24) is 10.6 Å². The summed E-state index contributed by atoms with van der Waals surface area (Å²) in [6, 6.07) is 18.0. The minimum Gasteiger partial charge on any atom is -0.483 e. The molecular formula is C20H27ClN2O2. The van der Waals surface area contributed by atoms with Gasteiger partial charge in [0, 0.05) is 24.2 Å². The van der Waals surface area contributed by atoms with Crippen LogP contribution >= 0.6 is 12.4 Å². The molecule has 0 radical (unpaired) electrons. The van der Waals surface area contributed by atoms with E-state index in [-0.39, 0.29) is 30.5 Å². The minimum absolute atomic E-state index is 0. The lowest BCUT2D eigenvalue weighted by Gasteiger charge is -2.20. The highest BCUT2D eigenvalue weighted by Crippen LogP contribution is 2.18. The van der Waals surface area contributed by atoms with Crippen LogP contribution in [0.25, 0.3) is 0 Å². The Bertz CT molecular complexity index is 654. The van der Waals surface area contributed by atoms with Crippen LogP contribution in [-0.2, 0) is 17.9 Å². The van der Waals surface area contributed by atoms with Gasteiger partial charge < -0.3 is 15.4 Å². The summed E-state index contributed by atoms with van der Waals surface area (Å²) < 4.78 is 5.70. The first-order valence-corrected chi connectivity index (χ1v) is 8.20. The molecule has 2 rings (SSSR count). The maximum Gasteiger partial charge on any atom is 0.258 e. The van der Waals surface area contributed by atoms with Crippen LogP contribution in [0.2, 0.25) is 0 Å². The monoisotopic (exact) mass is 362 g/mol. The molecule has 0 heterocycles. The van der Waals surface area contributed by atoms with Crippen LogP contribution < -0.4 is 15.4 Å². The molecule has 0 saturated heterocycles. The van der Waals surface area contributed by atoms with E-state index in [4.69, 9.17) is 4.74 Å². The first kappa shape index (κ1) is 21.0. The molecule has 4 nitrogen and oxygen atoms in total. The van der Waals surface area contributed by atoms with Gasteiger partial charge in [0.15, 0.2) is 6.61 Å². The van der Waals surface area contributed by atoms with E-state index in [0.717, 1.165) is 17.9 Å². The Morgan fingerprint density at radius 3 is 2.28 bits per heavy atom. The average Bonchev–Trinajstić information content (AvgIpc) is 2.53. The van der Waals surface area contributed by atoms with Crippen molar-refractivity contribution in [3.8, 4) is 5.75 Å². The molecule has 0 spiro atoms. The number of nitrogens with one attached hydrogen (secondary N) is 2. The van der Waals surface area contributed by atoms with Crippen LogP contribution in [0.5, 0.6) is 5.75 Å². The molecule has 0 atom stereocenters. The van der Waals surface area contributed by atoms with Crippen molar-refractivity contribution in [2.75, 3.05) is 6.61 Å². The highest BCUT2D eigenvalue weighted by molar-refractivity contribution is 5.85. The second kappa shape index (κ2) is 10.1. The molecule has 2 aromatic rings. The largest absolute Gasteiger partial charge is 0.483 e. The maximum atomic E-state index is 11.9. The lowest BCUT2D eigenvalue weighted by molar-refractivity contribution is -0.124. The van der Waals surface area contributed by atoms with E-state index in [0.29, 0.717) is 6.54 Å². The van der Waals surface area contributed by atoms with Crippen LogP contribution in [0, 0.1) is 0 Å². The lowest BCUT2D eigenvalue weighted by atomic mass is 10.1. The number of para-hydroxylation sites is 1. The predicted octanol–water partition coefficient (Wildman–Crippen LogP) is 3.69. The standard InChI is InChI=1S/C20H26N2O2.ClH/c1-20(2,3)22-19(23)15-24-18-12-8-7-11-17(18)14-21-13-16-9-5-4-6-10-16;/h4-12,21H,13-15H2,1-3H3,(H,22,23);1H. The third kappa shape index (κ3) is 8.05. The van der Waals surface area contributed by atoms with E-state index >= 15 is 0 Å². The predicted molar refractivity (Wildman–Crippen MR) is 104 cm³/mol. The van der Waals surface area contributed by atoms with Crippen molar-refractivity contribution in [3.63, 3.8) is 0 Å². The summed E-state index contributed by atoms with van der Waals surface area (Å²) in [5.74, 6) is 0.622. The van der Waals surface area contributed by atoms with Crippen molar-refractivity contribution in [2.45, 2.75) is 39.4 Å². The molecular weight excluding hydrogens is 336 g/mol. The first-order valence-electron chi connectivity index (χ1n) is 8.20. The lowest BCUT2D eigenvalue weighted by Crippen LogP contribution is -2.43. The smallest absolute Gasteiger partial charge is 0.258 e. The van der Waals surface area contributed by atoms with Gasteiger partial charge in [-0.15, -0.1) is 12.4 Å². The number of carbonyl (C=O) groups is 1. The molecule has 25 heavy (non-hydrogen) atoms. The number of benzene rings is 2. The Morgan fingerprint density at radius 2 is 1.60 bits per heavy atom. The molecule has 0 aliphatic heterocycles. The van der Waals surface area contributed by atoms with Gasteiger partial charge in [-0.05, 0) is 32.4 Å². The van der Waals surface area contributed by atoms with Gasteiger partial charge in [0.05, 0.1) is 0 Å². The van der Waals surface area contributed by atoms with Crippen molar-refractivity contribution in [2.24, 2.45) is 0 Å². The Balaban J connectivity index is 0.00000312. The molecule has 0 fully saturated rings. The SMILES string of the molecule is CC(C)(C)NC(=O)COc1ccccc1CNCc1ccccc1.Cl. The van der Waals surface area contributed by atoms with Crippen LogP contribution in [-0.4, -0.2) is 18.1 Å². The van der Waals surface area contributed by atoms with Gasteiger partial charge in [0.2, 0.25) is 0 Å². The fourth-order valence-corrected chi connectivity index (χ4v) is 2.33. The van der Waals surface area contributed by atoms with E-state index < -0.39 is 0 Å². The van der Waals surface area contributed by atoms with Crippen molar-refractivity contribution >= 4 is 18.3 Å². The summed E-state index contributed by atoms with van der Waals surface area (Å²) in [5, 5.41) is 6.30. The average molecular weight is 363 g/mol. The van der Waals surface area contributed by atoms with Gasteiger partial charge in [0.25, 0.3) is 5.91 Å². The fraction of sp³-hybridized carbons (Fsp3) is 0.350. The van der Waals surface area contributed by atoms with E-state index in [1.165, 1.54) is 5.56 Å². The van der Waals surface area contributed by atoms with Crippen LogP contribution in [0.15, 0.2) is 54.6 Å². The van der Waals surface area contributed by atoms with E-state index in [2.05, 4.69) is 22.8 Å². The summed E-state index contributed by atoms with van der Waals surface area (Å²) in [6.07, 6.45) is 0. The topological polar surface area (TPSA) is 50.4 Å². The summed E-state index contributed by atoms with van der Waals surface area (Å²) in [4.78, 5) is 11.9. The number of hydrogen-bond donors (Lipinski definition) is 2. The van der Waals surface area contributed by atoms with Gasteiger partial charge >= 0.3 is 0 Å². The van der Waals surface area contributed by atoms with E-state index in [9.17, 15) is 4.79 Å². The Kier molecular flexibility index (Phi) is 8.46. The summed E-state index contributed by atoms with van der Waals surface area (Å²) in [5.41, 5.74) is 2.02. The summed E-state index contributed by atoms with van der Waals surface area (Å²) >= 11 is 0. The van der Waals surface area contributed by atoms with Crippen LogP contribution in [0.3, 0.4) is 0 Å². The molecule has 1 amide bonds. The quantitative estimate of drug-likeness (QED) is 0.789. The van der Waals surface area contributed by atoms with Gasteiger partial charge in [-0.1, -0.05) is 48.5 Å². The molecule has 2 aromatic carbocycles. The minimum atomic E-state index is -0.253. The zero-order valence-corrected chi connectivity index (χ0v) is 15.9. The third-order valence-corrected chi connectivity index (χ3v) is 3.33. The third-order valence-electron chi connectivity index (χ3n) is 3.33. The number of rotatable bonds is 7.